The molecule has 0 radical (unpaired) electrons. The maximum atomic E-state index is 13.1. The van der Waals surface area contributed by atoms with Crippen molar-refractivity contribution in [2.45, 2.75) is 19.4 Å². The van der Waals surface area contributed by atoms with Gasteiger partial charge < -0.3 is 5.73 Å². The third kappa shape index (κ3) is 3.12. The van der Waals surface area contributed by atoms with E-state index in [2.05, 4.69) is 20.9 Å². The number of hydrogen-bond donors (Lipinski definition) is 1. The molecule has 2 rings (SSSR count). The maximum absolute atomic E-state index is 13.1. The smallest absolute Gasteiger partial charge is 0.123 e. The second-order valence-electron chi connectivity index (χ2n) is 3.83. The Morgan fingerprint density at radius 2 is 2.29 bits per heavy atom. The molecule has 0 aliphatic rings. The molecule has 0 bridgehead atoms. The van der Waals surface area contributed by atoms with Crippen LogP contribution >= 0.6 is 27.3 Å². The summed E-state index contributed by atoms with van der Waals surface area (Å²) in [5.41, 5.74) is 6.96. The molecule has 1 aromatic carbocycles. The van der Waals surface area contributed by atoms with E-state index in [1.165, 1.54) is 12.1 Å². The van der Waals surface area contributed by atoms with Crippen LogP contribution in [0.1, 0.15) is 21.5 Å². The number of halogens is 2. The van der Waals surface area contributed by atoms with Crippen molar-refractivity contribution in [3.05, 3.63) is 50.1 Å². The lowest BCUT2D eigenvalue weighted by molar-refractivity contribution is 0.621. The fourth-order valence-corrected chi connectivity index (χ4v) is 2.78. The van der Waals surface area contributed by atoms with Crippen molar-refractivity contribution >= 4 is 27.3 Å². The molecule has 2 nitrogen and oxygen atoms in total. The van der Waals surface area contributed by atoms with E-state index in [4.69, 9.17) is 5.73 Å². The number of rotatable bonds is 3. The van der Waals surface area contributed by atoms with Crippen LogP contribution in [0, 0.1) is 12.7 Å². The van der Waals surface area contributed by atoms with Gasteiger partial charge in [-0.3, -0.25) is 0 Å². The molecule has 17 heavy (non-hydrogen) atoms. The number of aromatic nitrogens is 1. The number of benzene rings is 1. The Labute approximate surface area is 112 Å². The average molecular weight is 315 g/mol. The molecule has 0 fully saturated rings. The van der Waals surface area contributed by atoms with Crippen molar-refractivity contribution in [3.63, 3.8) is 0 Å². The molecular formula is C12H12BrFN2S. The molecule has 0 aliphatic heterocycles. The van der Waals surface area contributed by atoms with Crippen LogP contribution < -0.4 is 5.73 Å². The first-order valence-electron chi connectivity index (χ1n) is 5.18. The molecular weight excluding hydrogens is 303 g/mol. The van der Waals surface area contributed by atoms with Gasteiger partial charge in [0.1, 0.15) is 5.82 Å². The van der Waals surface area contributed by atoms with Crippen LogP contribution in [-0.4, -0.2) is 4.98 Å². The molecule has 0 saturated carbocycles. The Morgan fingerprint density at radius 3 is 2.94 bits per heavy atom. The van der Waals surface area contributed by atoms with E-state index in [1.807, 2.05) is 6.92 Å². The highest BCUT2D eigenvalue weighted by atomic mass is 79.9. The predicted octanol–water partition coefficient (Wildman–Crippen LogP) is 3.60. The molecule has 2 N–H and O–H groups in total. The molecule has 0 saturated heterocycles. The van der Waals surface area contributed by atoms with Gasteiger partial charge in [0.05, 0.1) is 5.01 Å². The van der Waals surface area contributed by atoms with Gasteiger partial charge in [-0.25, -0.2) is 9.37 Å². The van der Waals surface area contributed by atoms with E-state index >= 15 is 0 Å². The van der Waals surface area contributed by atoms with Crippen LogP contribution in [0.3, 0.4) is 0 Å². The minimum atomic E-state index is -0.240. The molecule has 1 heterocycles. The van der Waals surface area contributed by atoms with Crippen LogP contribution in [0.2, 0.25) is 0 Å². The second-order valence-corrected chi connectivity index (χ2v) is 5.95. The lowest BCUT2D eigenvalue weighted by Gasteiger charge is -2.10. The molecule has 0 aliphatic carbocycles. The van der Waals surface area contributed by atoms with E-state index in [0.717, 1.165) is 19.9 Å². The summed E-state index contributed by atoms with van der Waals surface area (Å²) in [6, 6.07) is 4.50. The fourth-order valence-electron chi connectivity index (χ4n) is 1.59. The Balaban J connectivity index is 2.18. The molecule has 0 amide bonds. The normalized spacial score (nSPS) is 12.7. The topological polar surface area (TPSA) is 38.9 Å². The summed E-state index contributed by atoms with van der Waals surface area (Å²) in [5.74, 6) is -0.240. The van der Waals surface area contributed by atoms with E-state index < -0.39 is 0 Å². The number of aryl methyl sites for hydroxylation is 1. The van der Waals surface area contributed by atoms with Crippen molar-refractivity contribution in [1.29, 1.82) is 0 Å². The zero-order valence-corrected chi connectivity index (χ0v) is 11.7. The van der Waals surface area contributed by atoms with Crippen LogP contribution in [0.25, 0.3) is 0 Å². The quantitative estimate of drug-likeness (QED) is 0.940. The molecule has 1 atom stereocenters. The van der Waals surface area contributed by atoms with E-state index in [0.29, 0.717) is 6.42 Å². The SMILES string of the molecule is Cc1ncc(C(N)Cc2cc(F)ccc2Br)s1. The van der Waals surface area contributed by atoms with Gasteiger partial charge in [-0.05, 0) is 37.1 Å². The molecule has 1 aromatic heterocycles. The predicted molar refractivity (Wildman–Crippen MR) is 71.6 cm³/mol. The summed E-state index contributed by atoms with van der Waals surface area (Å²) < 4.78 is 14.0. The van der Waals surface area contributed by atoms with Crippen molar-refractivity contribution < 1.29 is 4.39 Å². The zero-order valence-electron chi connectivity index (χ0n) is 9.28. The van der Waals surface area contributed by atoms with Crippen LogP contribution in [0.15, 0.2) is 28.9 Å². The fraction of sp³-hybridized carbons (Fsp3) is 0.250. The third-order valence-corrected chi connectivity index (χ3v) is 4.27. The summed E-state index contributed by atoms with van der Waals surface area (Å²) in [4.78, 5) is 5.20. The van der Waals surface area contributed by atoms with Gasteiger partial charge in [0.25, 0.3) is 0 Å². The van der Waals surface area contributed by atoms with Crippen LogP contribution in [-0.2, 0) is 6.42 Å². The lowest BCUT2D eigenvalue weighted by Crippen LogP contribution is -2.12. The summed E-state index contributed by atoms with van der Waals surface area (Å²) in [7, 11) is 0. The molecule has 1 unspecified atom stereocenters. The first-order chi connectivity index (χ1) is 8.06. The minimum Gasteiger partial charge on any atom is -0.323 e. The molecule has 0 spiro atoms. The zero-order chi connectivity index (χ0) is 12.4. The van der Waals surface area contributed by atoms with E-state index in [1.54, 1.807) is 23.6 Å². The highest BCUT2D eigenvalue weighted by Crippen LogP contribution is 2.26. The van der Waals surface area contributed by atoms with Gasteiger partial charge in [-0.2, -0.15) is 0 Å². The third-order valence-electron chi connectivity index (χ3n) is 2.45. The van der Waals surface area contributed by atoms with Gasteiger partial charge in [-0.15, -0.1) is 11.3 Å². The number of hydrogen-bond acceptors (Lipinski definition) is 3. The average Bonchev–Trinajstić information content (AvgIpc) is 2.70. The van der Waals surface area contributed by atoms with Gasteiger partial charge in [0, 0.05) is 21.6 Å². The standard InChI is InChI=1S/C12H12BrFN2S/c1-7-16-6-12(17-7)11(15)5-8-4-9(14)2-3-10(8)13/h2-4,6,11H,5,15H2,1H3. The first-order valence-corrected chi connectivity index (χ1v) is 6.79. The highest BCUT2D eigenvalue weighted by Gasteiger charge is 2.12. The summed E-state index contributed by atoms with van der Waals surface area (Å²) in [6.07, 6.45) is 2.39. The van der Waals surface area contributed by atoms with Crippen molar-refractivity contribution in [2.75, 3.05) is 0 Å². The summed E-state index contributed by atoms with van der Waals surface area (Å²) >= 11 is 4.98. The highest BCUT2D eigenvalue weighted by molar-refractivity contribution is 9.10. The Kier molecular flexibility index (Phi) is 3.91. The summed E-state index contributed by atoms with van der Waals surface area (Å²) in [5, 5.41) is 0.994. The van der Waals surface area contributed by atoms with Gasteiger partial charge >= 0.3 is 0 Å². The number of nitrogens with two attached hydrogens (primary N) is 1. The second kappa shape index (κ2) is 5.25. The van der Waals surface area contributed by atoms with Gasteiger partial charge in [0.15, 0.2) is 0 Å². The first kappa shape index (κ1) is 12.7. The number of thiazole rings is 1. The lowest BCUT2D eigenvalue weighted by atomic mass is 10.1. The minimum absolute atomic E-state index is 0.140. The van der Waals surface area contributed by atoms with E-state index in [-0.39, 0.29) is 11.9 Å². The molecule has 90 valence electrons. The van der Waals surface area contributed by atoms with Crippen molar-refractivity contribution in [3.8, 4) is 0 Å². The summed E-state index contributed by atoms with van der Waals surface area (Å²) in [6.45, 7) is 1.94. The van der Waals surface area contributed by atoms with Crippen molar-refractivity contribution in [1.82, 2.24) is 4.98 Å². The Hall–Kier alpha value is -0.780. The number of nitrogens with zero attached hydrogens (tertiary/aromatic N) is 1. The maximum Gasteiger partial charge on any atom is 0.123 e. The monoisotopic (exact) mass is 314 g/mol. The van der Waals surface area contributed by atoms with Gasteiger partial charge in [-0.1, -0.05) is 15.9 Å². The van der Waals surface area contributed by atoms with E-state index in [9.17, 15) is 4.39 Å². The van der Waals surface area contributed by atoms with Crippen LogP contribution in [0.5, 0.6) is 0 Å². The van der Waals surface area contributed by atoms with Gasteiger partial charge in [0.2, 0.25) is 0 Å². The Bertz CT molecular complexity index is 527. The van der Waals surface area contributed by atoms with Crippen molar-refractivity contribution in [2.24, 2.45) is 5.73 Å². The largest absolute Gasteiger partial charge is 0.323 e. The molecule has 5 heteroatoms. The van der Waals surface area contributed by atoms with Crippen LogP contribution in [0.4, 0.5) is 4.39 Å². The molecule has 2 aromatic rings. The Morgan fingerprint density at radius 1 is 1.53 bits per heavy atom.